The highest BCUT2D eigenvalue weighted by Gasteiger charge is 2.12. The van der Waals surface area contributed by atoms with E-state index < -0.39 is 10.0 Å². The van der Waals surface area contributed by atoms with Gasteiger partial charge in [-0.1, -0.05) is 43.2 Å². The van der Waals surface area contributed by atoms with Crippen molar-refractivity contribution in [2.75, 3.05) is 13.2 Å². The molecule has 0 saturated carbocycles. The molecule has 0 fully saturated rings. The number of hydrogen-bond donors (Lipinski definition) is 1. The summed E-state index contributed by atoms with van der Waals surface area (Å²) < 4.78 is 32.3. The van der Waals surface area contributed by atoms with Gasteiger partial charge in [0.15, 0.2) is 0 Å². The second-order valence-corrected chi connectivity index (χ2v) is 7.22. The Labute approximate surface area is 138 Å². The van der Waals surface area contributed by atoms with E-state index in [1.54, 1.807) is 24.3 Å². The second kappa shape index (κ2) is 8.13. The van der Waals surface area contributed by atoms with Crippen LogP contribution < -0.4 is 9.46 Å². The van der Waals surface area contributed by atoms with E-state index in [-0.39, 0.29) is 18.0 Å². The van der Waals surface area contributed by atoms with Gasteiger partial charge in [-0.15, -0.1) is 0 Å². The Morgan fingerprint density at radius 2 is 1.65 bits per heavy atom. The minimum atomic E-state index is -3.48. The standard InChI is InChI=1S/C18H23NO3S/c1-3-4-16-7-9-17(10-8-16)22-14-13-19-23(20,21)18-11-5-15(2)6-12-18/h5-12,19H,3-4,13-14H2,1-2H3. The van der Waals surface area contributed by atoms with Crippen LogP contribution in [0.25, 0.3) is 0 Å². The molecule has 0 amide bonds. The molecule has 0 heterocycles. The molecule has 0 radical (unpaired) electrons. The summed E-state index contributed by atoms with van der Waals surface area (Å²) in [4.78, 5) is 0.270. The molecule has 0 spiro atoms. The van der Waals surface area contributed by atoms with Crippen molar-refractivity contribution < 1.29 is 13.2 Å². The Balaban J connectivity index is 1.81. The van der Waals surface area contributed by atoms with Gasteiger partial charge in [-0.05, 0) is 43.2 Å². The number of hydrogen-bond acceptors (Lipinski definition) is 3. The first-order valence-corrected chi connectivity index (χ1v) is 9.27. The molecule has 0 atom stereocenters. The summed E-state index contributed by atoms with van der Waals surface area (Å²) in [5.74, 6) is 0.749. The number of sulfonamides is 1. The first-order chi connectivity index (χ1) is 11.0. The molecule has 2 rings (SSSR count). The van der Waals surface area contributed by atoms with Gasteiger partial charge >= 0.3 is 0 Å². The van der Waals surface area contributed by atoms with Crippen LogP contribution in [-0.2, 0) is 16.4 Å². The second-order valence-electron chi connectivity index (χ2n) is 5.45. The lowest BCUT2D eigenvalue weighted by atomic mass is 10.1. The number of rotatable bonds is 8. The fourth-order valence-electron chi connectivity index (χ4n) is 2.19. The van der Waals surface area contributed by atoms with Crippen molar-refractivity contribution >= 4 is 10.0 Å². The topological polar surface area (TPSA) is 55.4 Å². The summed E-state index contributed by atoms with van der Waals surface area (Å²) in [6, 6.07) is 14.7. The highest BCUT2D eigenvalue weighted by Crippen LogP contribution is 2.13. The van der Waals surface area contributed by atoms with Crippen molar-refractivity contribution in [2.24, 2.45) is 0 Å². The summed E-state index contributed by atoms with van der Waals surface area (Å²) in [5, 5.41) is 0. The molecule has 2 aromatic rings. The van der Waals surface area contributed by atoms with Crippen LogP contribution in [0.2, 0.25) is 0 Å². The molecule has 0 aromatic heterocycles. The maximum Gasteiger partial charge on any atom is 0.240 e. The van der Waals surface area contributed by atoms with Crippen LogP contribution in [0.4, 0.5) is 0 Å². The maximum absolute atomic E-state index is 12.1. The highest BCUT2D eigenvalue weighted by atomic mass is 32.2. The average molecular weight is 333 g/mol. The maximum atomic E-state index is 12.1. The van der Waals surface area contributed by atoms with Gasteiger partial charge in [0, 0.05) is 6.54 Å². The minimum Gasteiger partial charge on any atom is -0.492 e. The molecule has 1 N–H and O–H groups in total. The van der Waals surface area contributed by atoms with E-state index in [2.05, 4.69) is 11.6 Å². The van der Waals surface area contributed by atoms with Gasteiger partial charge < -0.3 is 4.74 Å². The summed E-state index contributed by atoms with van der Waals surface area (Å²) in [7, 11) is -3.48. The van der Waals surface area contributed by atoms with Crippen LogP contribution in [0.5, 0.6) is 5.75 Å². The van der Waals surface area contributed by atoms with Crippen molar-refractivity contribution in [3.05, 3.63) is 59.7 Å². The number of aryl methyl sites for hydroxylation is 2. The zero-order chi connectivity index (χ0) is 16.7. The zero-order valence-corrected chi connectivity index (χ0v) is 14.4. The van der Waals surface area contributed by atoms with E-state index in [1.165, 1.54) is 5.56 Å². The summed E-state index contributed by atoms with van der Waals surface area (Å²) in [6.45, 7) is 4.58. The van der Waals surface area contributed by atoms with Gasteiger partial charge in [-0.3, -0.25) is 0 Å². The molecule has 0 aliphatic rings. The van der Waals surface area contributed by atoms with E-state index >= 15 is 0 Å². The van der Waals surface area contributed by atoms with Crippen molar-refractivity contribution in [1.29, 1.82) is 0 Å². The molecular formula is C18H23NO3S. The fraction of sp³-hybridized carbons (Fsp3) is 0.333. The van der Waals surface area contributed by atoms with E-state index in [4.69, 9.17) is 4.74 Å². The Bertz CT molecular complexity index is 707. The predicted octanol–water partition coefficient (Wildman–Crippen LogP) is 3.30. The Morgan fingerprint density at radius 3 is 2.26 bits per heavy atom. The molecular weight excluding hydrogens is 310 g/mol. The van der Waals surface area contributed by atoms with Gasteiger partial charge in [-0.2, -0.15) is 0 Å². The SMILES string of the molecule is CCCc1ccc(OCCNS(=O)(=O)c2ccc(C)cc2)cc1. The molecule has 2 aromatic carbocycles. The van der Waals surface area contributed by atoms with Crippen molar-refractivity contribution in [2.45, 2.75) is 31.6 Å². The molecule has 0 aliphatic heterocycles. The van der Waals surface area contributed by atoms with E-state index in [0.717, 1.165) is 24.2 Å². The van der Waals surface area contributed by atoms with Crippen LogP contribution in [0.3, 0.4) is 0 Å². The zero-order valence-electron chi connectivity index (χ0n) is 13.6. The molecule has 0 bridgehead atoms. The minimum absolute atomic E-state index is 0.229. The Hall–Kier alpha value is -1.85. The Morgan fingerprint density at radius 1 is 1.00 bits per heavy atom. The number of ether oxygens (including phenoxy) is 1. The predicted molar refractivity (Wildman–Crippen MR) is 92.3 cm³/mol. The third kappa shape index (κ3) is 5.37. The Kier molecular flexibility index (Phi) is 6.19. The molecule has 0 saturated heterocycles. The first-order valence-electron chi connectivity index (χ1n) is 7.79. The average Bonchev–Trinajstić information content (AvgIpc) is 2.54. The summed E-state index contributed by atoms with van der Waals surface area (Å²) in [6.07, 6.45) is 2.16. The van der Waals surface area contributed by atoms with Crippen molar-refractivity contribution in [1.82, 2.24) is 4.72 Å². The van der Waals surface area contributed by atoms with Crippen molar-refractivity contribution in [3.8, 4) is 5.75 Å². The summed E-state index contributed by atoms with van der Waals surface area (Å²) >= 11 is 0. The smallest absolute Gasteiger partial charge is 0.240 e. The van der Waals surface area contributed by atoms with Crippen LogP contribution >= 0.6 is 0 Å². The molecule has 4 nitrogen and oxygen atoms in total. The molecule has 0 unspecified atom stereocenters. The lowest BCUT2D eigenvalue weighted by Crippen LogP contribution is -2.28. The van der Waals surface area contributed by atoms with E-state index in [0.29, 0.717) is 0 Å². The van der Waals surface area contributed by atoms with Crippen LogP contribution in [0.15, 0.2) is 53.4 Å². The van der Waals surface area contributed by atoms with Gasteiger partial charge in [-0.25, -0.2) is 13.1 Å². The molecule has 23 heavy (non-hydrogen) atoms. The van der Waals surface area contributed by atoms with Crippen LogP contribution in [0.1, 0.15) is 24.5 Å². The third-order valence-electron chi connectivity index (χ3n) is 3.46. The lowest BCUT2D eigenvalue weighted by molar-refractivity contribution is 0.322. The normalized spacial score (nSPS) is 11.4. The highest BCUT2D eigenvalue weighted by molar-refractivity contribution is 7.89. The van der Waals surface area contributed by atoms with Gasteiger partial charge in [0.25, 0.3) is 0 Å². The van der Waals surface area contributed by atoms with Crippen molar-refractivity contribution in [3.63, 3.8) is 0 Å². The monoisotopic (exact) mass is 333 g/mol. The number of nitrogens with one attached hydrogen (secondary N) is 1. The van der Waals surface area contributed by atoms with E-state index in [9.17, 15) is 8.42 Å². The van der Waals surface area contributed by atoms with Gasteiger partial charge in [0.1, 0.15) is 12.4 Å². The van der Waals surface area contributed by atoms with Gasteiger partial charge in [0.2, 0.25) is 10.0 Å². The van der Waals surface area contributed by atoms with Crippen LogP contribution in [-0.4, -0.2) is 21.6 Å². The van der Waals surface area contributed by atoms with Crippen LogP contribution in [0, 0.1) is 6.92 Å². The molecule has 0 aliphatic carbocycles. The fourth-order valence-corrected chi connectivity index (χ4v) is 3.20. The van der Waals surface area contributed by atoms with Gasteiger partial charge in [0.05, 0.1) is 4.90 Å². The van der Waals surface area contributed by atoms with E-state index in [1.807, 2.05) is 31.2 Å². The lowest BCUT2D eigenvalue weighted by Gasteiger charge is -2.09. The largest absolute Gasteiger partial charge is 0.492 e. The molecule has 5 heteroatoms. The summed E-state index contributed by atoms with van der Waals surface area (Å²) in [5.41, 5.74) is 2.30. The quantitative estimate of drug-likeness (QED) is 0.754. The third-order valence-corrected chi connectivity index (χ3v) is 4.93. The molecule has 124 valence electrons. The first kappa shape index (κ1) is 17.5. The number of benzene rings is 2.